The number of aromatic amines is 1. The lowest BCUT2D eigenvalue weighted by molar-refractivity contribution is 0.107. The summed E-state index contributed by atoms with van der Waals surface area (Å²) in [5, 5.41) is 26.3. The molecule has 8 nitrogen and oxygen atoms in total. The molecule has 160 valence electrons. The van der Waals surface area contributed by atoms with Crippen LogP contribution in [0.15, 0.2) is 60.8 Å². The lowest BCUT2D eigenvalue weighted by Crippen LogP contribution is -2.34. The topological polar surface area (TPSA) is 105 Å². The van der Waals surface area contributed by atoms with E-state index in [1.165, 1.54) is 6.07 Å². The average Bonchev–Trinajstić information content (AvgIpc) is 3.47. The zero-order valence-corrected chi connectivity index (χ0v) is 17.5. The number of aryl methyl sites for hydroxylation is 2. The van der Waals surface area contributed by atoms with Crippen molar-refractivity contribution in [2.75, 3.05) is 0 Å². The van der Waals surface area contributed by atoms with E-state index < -0.39 is 11.4 Å². The number of rotatable bonds is 5. The number of aromatic nitrogens is 7. The first kappa shape index (κ1) is 20.0. The maximum atomic E-state index is 15.1. The molecule has 0 aliphatic carbocycles. The predicted molar refractivity (Wildman–Crippen MR) is 116 cm³/mol. The summed E-state index contributed by atoms with van der Waals surface area (Å²) in [4.78, 5) is 9.14. The fourth-order valence-corrected chi connectivity index (χ4v) is 4.13. The second-order valence-corrected chi connectivity index (χ2v) is 7.49. The van der Waals surface area contributed by atoms with Gasteiger partial charge in [0.2, 0.25) is 5.82 Å². The van der Waals surface area contributed by atoms with E-state index in [0.717, 1.165) is 5.56 Å². The summed E-state index contributed by atoms with van der Waals surface area (Å²) in [6.45, 7) is 4.30. The third-order valence-corrected chi connectivity index (χ3v) is 5.65. The van der Waals surface area contributed by atoms with E-state index in [1.54, 1.807) is 30.5 Å². The molecule has 5 aromatic rings. The second-order valence-electron chi connectivity index (χ2n) is 7.49. The van der Waals surface area contributed by atoms with Crippen LogP contribution < -0.4 is 0 Å². The number of hydrogen-bond acceptors (Lipinski definition) is 6. The van der Waals surface area contributed by atoms with Gasteiger partial charge in [-0.2, -0.15) is 5.21 Å². The minimum absolute atomic E-state index is 0.123. The second kappa shape index (κ2) is 7.61. The molecular formula is C23H20FN7O. The Balaban J connectivity index is 1.83. The van der Waals surface area contributed by atoms with Gasteiger partial charge in [-0.25, -0.2) is 14.4 Å². The van der Waals surface area contributed by atoms with Gasteiger partial charge in [-0.3, -0.25) is 0 Å². The SMILES string of the molecule is CCn1c(C(O)(c2ccccc2C)c2ccccc2F)nc2ncc(-c3nn[nH]n3)cc21. The molecule has 0 aliphatic rings. The van der Waals surface area contributed by atoms with Gasteiger partial charge in [-0.15, -0.1) is 10.2 Å². The Labute approximate surface area is 182 Å². The predicted octanol–water partition coefficient (Wildman–Crippen LogP) is 3.36. The summed E-state index contributed by atoms with van der Waals surface area (Å²) >= 11 is 0. The fraction of sp³-hybridized carbons (Fsp3) is 0.174. The molecular weight excluding hydrogens is 409 g/mol. The monoisotopic (exact) mass is 429 g/mol. The van der Waals surface area contributed by atoms with Crippen molar-refractivity contribution in [1.29, 1.82) is 0 Å². The van der Waals surface area contributed by atoms with E-state index in [0.29, 0.717) is 34.7 Å². The molecule has 2 aromatic carbocycles. The Bertz CT molecular complexity index is 1370. The van der Waals surface area contributed by atoms with Crippen molar-refractivity contribution in [3.05, 3.63) is 89.1 Å². The number of nitrogens with zero attached hydrogens (tertiary/aromatic N) is 6. The average molecular weight is 429 g/mol. The molecule has 5 rings (SSSR count). The number of nitrogens with one attached hydrogen (secondary N) is 1. The van der Waals surface area contributed by atoms with Gasteiger partial charge in [0.25, 0.3) is 0 Å². The Kier molecular flexibility index (Phi) is 4.75. The minimum Gasteiger partial charge on any atom is -0.373 e. The zero-order valence-electron chi connectivity index (χ0n) is 17.5. The molecule has 32 heavy (non-hydrogen) atoms. The number of hydrogen-bond donors (Lipinski definition) is 2. The van der Waals surface area contributed by atoms with Gasteiger partial charge in [0.15, 0.2) is 17.1 Å². The molecule has 0 saturated carbocycles. The molecule has 0 spiro atoms. The van der Waals surface area contributed by atoms with Gasteiger partial charge in [-0.05, 0) is 42.3 Å². The molecule has 0 saturated heterocycles. The van der Waals surface area contributed by atoms with Gasteiger partial charge in [0.05, 0.1) is 5.52 Å². The Morgan fingerprint density at radius 1 is 1.09 bits per heavy atom. The Morgan fingerprint density at radius 3 is 2.53 bits per heavy atom. The first-order valence-electron chi connectivity index (χ1n) is 10.2. The first-order chi connectivity index (χ1) is 15.5. The number of imidazole rings is 1. The first-order valence-corrected chi connectivity index (χ1v) is 10.2. The standard InChI is InChI=1S/C23H20FN7O/c1-3-31-19-12-15(20-27-29-30-28-20)13-25-21(19)26-22(31)23(32,16-9-5-4-8-14(16)2)17-10-6-7-11-18(17)24/h4-13,32H,3H2,1-2H3,(H,27,28,29,30). The van der Waals surface area contributed by atoms with E-state index >= 15 is 4.39 Å². The lowest BCUT2D eigenvalue weighted by atomic mass is 9.82. The summed E-state index contributed by atoms with van der Waals surface area (Å²) in [6, 6.07) is 15.4. The molecule has 1 unspecified atom stereocenters. The molecule has 1 atom stereocenters. The highest BCUT2D eigenvalue weighted by Crippen LogP contribution is 2.40. The Hall–Kier alpha value is -3.98. The van der Waals surface area contributed by atoms with Crippen molar-refractivity contribution < 1.29 is 9.50 Å². The smallest absolute Gasteiger partial charge is 0.206 e. The van der Waals surface area contributed by atoms with Crippen molar-refractivity contribution in [3.8, 4) is 11.4 Å². The third-order valence-electron chi connectivity index (χ3n) is 5.65. The van der Waals surface area contributed by atoms with Crippen LogP contribution in [0, 0.1) is 12.7 Å². The number of benzene rings is 2. The maximum absolute atomic E-state index is 15.1. The minimum atomic E-state index is -1.83. The summed E-state index contributed by atoms with van der Waals surface area (Å²) in [7, 11) is 0. The van der Waals surface area contributed by atoms with Crippen LogP contribution in [0.25, 0.3) is 22.6 Å². The van der Waals surface area contributed by atoms with Crippen LogP contribution in [0.2, 0.25) is 0 Å². The summed E-state index contributed by atoms with van der Waals surface area (Å²) < 4.78 is 16.9. The van der Waals surface area contributed by atoms with E-state index in [2.05, 4.69) is 30.6 Å². The van der Waals surface area contributed by atoms with Crippen molar-refractivity contribution in [2.45, 2.75) is 26.0 Å². The number of fused-ring (bicyclic) bond motifs is 1. The summed E-state index contributed by atoms with van der Waals surface area (Å²) in [5.74, 6) is 0.161. The molecule has 0 bridgehead atoms. The summed E-state index contributed by atoms with van der Waals surface area (Å²) in [6.07, 6.45) is 1.60. The normalized spacial score (nSPS) is 13.4. The van der Waals surface area contributed by atoms with Crippen LogP contribution in [0.4, 0.5) is 4.39 Å². The van der Waals surface area contributed by atoms with Crippen LogP contribution in [0.3, 0.4) is 0 Å². The van der Waals surface area contributed by atoms with Crippen molar-refractivity contribution >= 4 is 11.2 Å². The highest BCUT2D eigenvalue weighted by atomic mass is 19.1. The van der Waals surface area contributed by atoms with E-state index in [9.17, 15) is 5.11 Å². The molecule has 0 aliphatic heterocycles. The van der Waals surface area contributed by atoms with Gasteiger partial charge in [0.1, 0.15) is 5.82 Å². The number of halogens is 1. The number of H-pyrrole nitrogens is 1. The highest BCUT2D eigenvalue weighted by molar-refractivity contribution is 5.77. The number of tetrazole rings is 1. The van der Waals surface area contributed by atoms with Crippen LogP contribution in [0.5, 0.6) is 0 Å². The van der Waals surface area contributed by atoms with Gasteiger partial charge >= 0.3 is 0 Å². The zero-order chi connectivity index (χ0) is 22.3. The molecule has 0 radical (unpaired) electrons. The molecule has 0 fully saturated rings. The highest BCUT2D eigenvalue weighted by Gasteiger charge is 2.42. The van der Waals surface area contributed by atoms with E-state index in [-0.39, 0.29) is 11.4 Å². The van der Waals surface area contributed by atoms with Crippen LogP contribution in [-0.4, -0.2) is 40.3 Å². The molecule has 0 amide bonds. The third kappa shape index (κ3) is 2.97. The molecule has 3 aromatic heterocycles. The Morgan fingerprint density at radius 2 is 1.84 bits per heavy atom. The van der Waals surface area contributed by atoms with Gasteiger partial charge in [-0.1, -0.05) is 42.5 Å². The number of aliphatic hydroxyl groups is 1. The number of pyridine rings is 1. The van der Waals surface area contributed by atoms with Crippen molar-refractivity contribution in [2.24, 2.45) is 0 Å². The molecule has 2 N–H and O–H groups in total. The molecule has 9 heteroatoms. The quantitative estimate of drug-likeness (QED) is 0.444. The fourth-order valence-electron chi connectivity index (χ4n) is 4.13. The maximum Gasteiger partial charge on any atom is 0.206 e. The summed E-state index contributed by atoms with van der Waals surface area (Å²) in [5.41, 5.74) is 1.41. The lowest BCUT2D eigenvalue weighted by Gasteiger charge is -2.31. The van der Waals surface area contributed by atoms with Crippen LogP contribution >= 0.6 is 0 Å². The van der Waals surface area contributed by atoms with E-state index in [1.807, 2.05) is 42.7 Å². The van der Waals surface area contributed by atoms with Crippen LogP contribution in [0.1, 0.15) is 29.4 Å². The largest absolute Gasteiger partial charge is 0.373 e. The van der Waals surface area contributed by atoms with Gasteiger partial charge < -0.3 is 9.67 Å². The van der Waals surface area contributed by atoms with Gasteiger partial charge in [0, 0.05) is 23.9 Å². The van der Waals surface area contributed by atoms with Crippen molar-refractivity contribution in [3.63, 3.8) is 0 Å². The van der Waals surface area contributed by atoms with Crippen molar-refractivity contribution in [1.82, 2.24) is 35.2 Å². The molecule has 3 heterocycles. The van der Waals surface area contributed by atoms with E-state index in [4.69, 9.17) is 0 Å². The van der Waals surface area contributed by atoms with Crippen LogP contribution in [-0.2, 0) is 12.1 Å².